The summed E-state index contributed by atoms with van der Waals surface area (Å²) in [5.74, 6) is 0. The fourth-order valence-corrected chi connectivity index (χ4v) is 7.91. The van der Waals surface area contributed by atoms with Crippen molar-refractivity contribution < 1.29 is 0 Å². The molecule has 10 aromatic rings. The summed E-state index contributed by atoms with van der Waals surface area (Å²) in [5, 5.41) is 5.04. The largest absolute Gasteiger partial charge is 0.309 e. The first-order valence-corrected chi connectivity index (χ1v) is 17.6. The van der Waals surface area contributed by atoms with Crippen molar-refractivity contribution in [2.45, 2.75) is 6.92 Å². The number of aryl methyl sites for hydroxylation is 1. The van der Waals surface area contributed by atoms with Crippen LogP contribution < -0.4 is 0 Å². The van der Waals surface area contributed by atoms with Crippen molar-refractivity contribution in [2.75, 3.05) is 0 Å². The van der Waals surface area contributed by atoms with Crippen LogP contribution in [0, 0.1) is 6.92 Å². The summed E-state index contributed by atoms with van der Waals surface area (Å²) in [4.78, 5) is 0. The van der Waals surface area contributed by atoms with Gasteiger partial charge in [-0.3, -0.25) is 0 Å². The van der Waals surface area contributed by atoms with Crippen LogP contribution in [0.15, 0.2) is 188 Å². The molecule has 0 aliphatic heterocycles. The fourth-order valence-electron chi connectivity index (χ4n) is 7.91. The lowest BCUT2D eigenvalue weighted by Crippen LogP contribution is -1.94. The van der Waals surface area contributed by atoms with E-state index in [9.17, 15) is 0 Å². The van der Waals surface area contributed by atoms with Crippen LogP contribution in [0.3, 0.4) is 0 Å². The van der Waals surface area contributed by atoms with E-state index in [1.165, 1.54) is 88.2 Å². The van der Waals surface area contributed by atoms with Gasteiger partial charge < -0.3 is 9.13 Å². The van der Waals surface area contributed by atoms with E-state index in [1.54, 1.807) is 0 Å². The topological polar surface area (TPSA) is 9.86 Å². The Kier molecular flexibility index (Phi) is 6.75. The van der Waals surface area contributed by atoms with Crippen LogP contribution in [0.25, 0.3) is 88.4 Å². The predicted octanol–water partition coefficient (Wildman–Crippen LogP) is 13.2. The Labute approximate surface area is 297 Å². The molecule has 0 unspecified atom stereocenters. The maximum atomic E-state index is 2.43. The van der Waals surface area contributed by atoms with Crippen molar-refractivity contribution in [1.82, 2.24) is 9.13 Å². The molecular formula is C49H34N2. The highest BCUT2D eigenvalue weighted by Gasteiger charge is 2.16. The monoisotopic (exact) mass is 650 g/mol. The van der Waals surface area contributed by atoms with Gasteiger partial charge in [-0.2, -0.15) is 0 Å². The van der Waals surface area contributed by atoms with E-state index in [-0.39, 0.29) is 0 Å². The maximum Gasteiger partial charge on any atom is 0.0543 e. The Bertz CT molecular complexity index is 2890. The zero-order valence-corrected chi connectivity index (χ0v) is 28.3. The van der Waals surface area contributed by atoms with Crippen molar-refractivity contribution >= 4 is 43.6 Å². The number of nitrogens with zero attached hydrogens (tertiary/aromatic N) is 2. The zero-order chi connectivity index (χ0) is 33.9. The Morgan fingerprint density at radius 1 is 0.275 bits per heavy atom. The Balaban J connectivity index is 1.10. The lowest BCUT2D eigenvalue weighted by Gasteiger charge is -2.12. The second-order valence-corrected chi connectivity index (χ2v) is 13.5. The van der Waals surface area contributed by atoms with Gasteiger partial charge in [0.2, 0.25) is 0 Å². The van der Waals surface area contributed by atoms with E-state index >= 15 is 0 Å². The first kappa shape index (κ1) is 29.3. The van der Waals surface area contributed by atoms with E-state index in [2.05, 4.69) is 204 Å². The molecule has 8 aromatic carbocycles. The average Bonchev–Trinajstić information content (AvgIpc) is 3.70. The molecule has 2 aromatic heterocycles. The van der Waals surface area contributed by atoms with Crippen LogP contribution in [0.4, 0.5) is 0 Å². The van der Waals surface area contributed by atoms with Crippen molar-refractivity contribution in [1.29, 1.82) is 0 Å². The van der Waals surface area contributed by atoms with Crippen molar-refractivity contribution in [3.63, 3.8) is 0 Å². The Morgan fingerprint density at radius 3 is 1.45 bits per heavy atom. The van der Waals surface area contributed by atoms with Gasteiger partial charge in [0.15, 0.2) is 0 Å². The van der Waals surface area contributed by atoms with Crippen LogP contribution in [0.1, 0.15) is 5.56 Å². The Morgan fingerprint density at radius 2 is 0.745 bits per heavy atom. The van der Waals surface area contributed by atoms with Crippen molar-refractivity contribution in [3.05, 3.63) is 194 Å². The van der Waals surface area contributed by atoms with Crippen LogP contribution in [0.5, 0.6) is 0 Å². The van der Waals surface area contributed by atoms with Gasteiger partial charge in [0, 0.05) is 32.9 Å². The molecule has 0 aliphatic rings. The molecule has 0 saturated carbocycles. The summed E-state index contributed by atoms with van der Waals surface area (Å²) in [7, 11) is 0. The first-order valence-electron chi connectivity index (χ1n) is 17.6. The highest BCUT2D eigenvalue weighted by molar-refractivity contribution is 6.12. The lowest BCUT2D eigenvalue weighted by molar-refractivity contribution is 1.18. The summed E-state index contributed by atoms with van der Waals surface area (Å²) in [6.07, 6.45) is 0. The minimum Gasteiger partial charge on any atom is -0.309 e. The molecule has 2 nitrogen and oxygen atoms in total. The molecule has 0 bridgehead atoms. The molecule has 0 aliphatic carbocycles. The van der Waals surface area contributed by atoms with E-state index in [0.717, 1.165) is 5.69 Å². The molecule has 51 heavy (non-hydrogen) atoms. The summed E-state index contributed by atoms with van der Waals surface area (Å²) < 4.78 is 4.80. The Hall–Kier alpha value is -6.64. The van der Waals surface area contributed by atoms with Gasteiger partial charge in [0.1, 0.15) is 0 Å². The minimum absolute atomic E-state index is 1.16. The summed E-state index contributed by atoms with van der Waals surface area (Å²) in [6.45, 7) is 2.18. The SMILES string of the molecule is Cc1ccc2c3cc(-c4ccc5c(c4)c4ccccc4n5-c4ccccc4)ccc3n(-c3cccc(-c4ccc(-c5ccccc5)cc4)c3)c2c1. The third-order valence-corrected chi connectivity index (χ3v) is 10.4. The zero-order valence-electron chi connectivity index (χ0n) is 28.3. The minimum atomic E-state index is 1.16. The molecular weight excluding hydrogens is 617 g/mol. The highest BCUT2D eigenvalue weighted by atomic mass is 15.0. The van der Waals surface area contributed by atoms with E-state index in [1.807, 2.05) is 0 Å². The molecule has 2 heterocycles. The van der Waals surface area contributed by atoms with Gasteiger partial charge in [0.25, 0.3) is 0 Å². The van der Waals surface area contributed by atoms with Crippen LogP contribution in [-0.4, -0.2) is 9.13 Å². The van der Waals surface area contributed by atoms with E-state index in [4.69, 9.17) is 0 Å². The molecule has 0 atom stereocenters. The number of rotatable bonds is 5. The molecule has 0 radical (unpaired) electrons. The second kappa shape index (κ2) is 11.8. The van der Waals surface area contributed by atoms with Crippen LogP contribution in [-0.2, 0) is 0 Å². The van der Waals surface area contributed by atoms with Gasteiger partial charge >= 0.3 is 0 Å². The van der Waals surface area contributed by atoms with Crippen LogP contribution >= 0.6 is 0 Å². The summed E-state index contributed by atoms with van der Waals surface area (Å²) in [5.41, 5.74) is 15.8. The van der Waals surface area contributed by atoms with Crippen LogP contribution in [0.2, 0.25) is 0 Å². The maximum absolute atomic E-state index is 2.43. The van der Waals surface area contributed by atoms with Crippen molar-refractivity contribution in [2.24, 2.45) is 0 Å². The first-order chi connectivity index (χ1) is 25.2. The quantitative estimate of drug-likeness (QED) is 0.175. The van der Waals surface area contributed by atoms with Gasteiger partial charge in [-0.05, 0) is 107 Å². The second-order valence-electron chi connectivity index (χ2n) is 13.5. The number of aromatic nitrogens is 2. The normalized spacial score (nSPS) is 11.6. The van der Waals surface area contributed by atoms with E-state index < -0.39 is 0 Å². The molecule has 0 N–H and O–H groups in total. The van der Waals surface area contributed by atoms with E-state index in [0.29, 0.717) is 0 Å². The van der Waals surface area contributed by atoms with Gasteiger partial charge in [-0.25, -0.2) is 0 Å². The lowest BCUT2D eigenvalue weighted by atomic mass is 10.00. The standard InChI is InChI=1S/C49H34N2/c1-33-19-26-43-45-32-39(38-24-27-47-44(31-38)42-17-8-9-18-46(42)50(47)40-14-6-3-7-15-40)25-28-48(45)51(49(43)29-33)41-16-10-13-37(30-41)36-22-20-35(21-23-36)34-11-4-2-5-12-34/h2-32H,1H3. The summed E-state index contributed by atoms with van der Waals surface area (Å²) in [6, 6.07) is 68.5. The van der Waals surface area contributed by atoms with Gasteiger partial charge in [-0.15, -0.1) is 0 Å². The summed E-state index contributed by atoms with van der Waals surface area (Å²) >= 11 is 0. The molecule has 0 spiro atoms. The molecule has 0 amide bonds. The number of fused-ring (bicyclic) bond motifs is 6. The predicted molar refractivity (Wildman–Crippen MR) is 216 cm³/mol. The number of benzene rings is 8. The van der Waals surface area contributed by atoms with Crippen molar-refractivity contribution in [3.8, 4) is 44.8 Å². The average molecular weight is 651 g/mol. The number of hydrogen-bond donors (Lipinski definition) is 0. The number of para-hydroxylation sites is 2. The molecule has 0 saturated heterocycles. The molecule has 2 heteroatoms. The third kappa shape index (κ3) is 4.87. The molecule has 10 rings (SSSR count). The highest BCUT2D eigenvalue weighted by Crippen LogP contribution is 2.39. The smallest absolute Gasteiger partial charge is 0.0543 e. The number of hydrogen-bond acceptors (Lipinski definition) is 0. The third-order valence-electron chi connectivity index (χ3n) is 10.4. The molecule has 240 valence electrons. The molecule has 0 fully saturated rings. The van der Waals surface area contributed by atoms with Gasteiger partial charge in [-0.1, -0.05) is 127 Å². The van der Waals surface area contributed by atoms with Gasteiger partial charge in [0.05, 0.1) is 22.1 Å². The fraction of sp³-hybridized carbons (Fsp3) is 0.0204.